The van der Waals surface area contributed by atoms with E-state index in [2.05, 4.69) is 6.58 Å². The Hall–Kier alpha value is -0.630. The van der Waals surface area contributed by atoms with Crippen molar-refractivity contribution in [3.05, 3.63) is 12.2 Å². The highest BCUT2D eigenvalue weighted by Crippen LogP contribution is 2.12. The standard InChI is InChI=1S/C9H16O2/c1-7(2)5-9(11-4)8(3)6-10/h6,8-9H,1,5H2,2-4H3. The number of aldehydes is 1. The molecule has 64 valence electrons. The summed E-state index contributed by atoms with van der Waals surface area (Å²) in [5.41, 5.74) is 1.05. The van der Waals surface area contributed by atoms with Crippen LogP contribution in [0, 0.1) is 5.92 Å². The molecular formula is C9H16O2. The first-order chi connectivity index (χ1) is 5.11. The van der Waals surface area contributed by atoms with Crippen LogP contribution in [0.15, 0.2) is 12.2 Å². The molecule has 0 saturated carbocycles. The second kappa shape index (κ2) is 5.08. The predicted molar refractivity (Wildman–Crippen MR) is 45.5 cm³/mol. The second-order valence-corrected chi connectivity index (χ2v) is 2.93. The summed E-state index contributed by atoms with van der Waals surface area (Å²) in [5, 5.41) is 0. The van der Waals surface area contributed by atoms with Crippen LogP contribution in [0.4, 0.5) is 0 Å². The average molecular weight is 156 g/mol. The Morgan fingerprint density at radius 1 is 1.73 bits per heavy atom. The monoisotopic (exact) mass is 156 g/mol. The van der Waals surface area contributed by atoms with Gasteiger partial charge in [0.25, 0.3) is 0 Å². The van der Waals surface area contributed by atoms with Gasteiger partial charge in [-0.25, -0.2) is 0 Å². The summed E-state index contributed by atoms with van der Waals surface area (Å²) < 4.78 is 5.12. The summed E-state index contributed by atoms with van der Waals surface area (Å²) >= 11 is 0. The lowest BCUT2D eigenvalue weighted by molar-refractivity contribution is -0.114. The maximum Gasteiger partial charge on any atom is 0.125 e. The van der Waals surface area contributed by atoms with Gasteiger partial charge >= 0.3 is 0 Å². The second-order valence-electron chi connectivity index (χ2n) is 2.93. The van der Waals surface area contributed by atoms with E-state index < -0.39 is 0 Å². The van der Waals surface area contributed by atoms with Crippen LogP contribution in [0.2, 0.25) is 0 Å². The molecule has 0 saturated heterocycles. The minimum Gasteiger partial charge on any atom is -0.380 e. The quantitative estimate of drug-likeness (QED) is 0.448. The van der Waals surface area contributed by atoms with Gasteiger partial charge in [-0.3, -0.25) is 0 Å². The summed E-state index contributed by atoms with van der Waals surface area (Å²) in [7, 11) is 1.62. The van der Waals surface area contributed by atoms with Gasteiger partial charge in [-0.1, -0.05) is 12.5 Å². The Balaban J connectivity index is 3.93. The smallest absolute Gasteiger partial charge is 0.125 e. The molecule has 2 atom stereocenters. The van der Waals surface area contributed by atoms with Crippen molar-refractivity contribution < 1.29 is 9.53 Å². The molecule has 0 bridgehead atoms. The van der Waals surface area contributed by atoms with Crippen LogP contribution < -0.4 is 0 Å². The Morgan fingerprint density at radius 2 is 2.27 bits per heavy atom. The van der Waals surface area contributed by atoms with E-state index in [1.807, 2.05) is 13.8 Å². The number of hydrogen-bond acceptors (Lipinski definition) is 2. The van der Waals surface area contributed by atoms with E-state index in [1.54, 1.807) is 7.11 Å². The van der Waals surface area contributed by atoms with Crippen LogP contribution in [0.1, 0.15) is 20.3 Å². The van der Waals surface area contributed by atoms with Gasteiger partial charge in [-0.15, -0.1) is 6.58 Å². The molecular weight excluding hydrogens is 140 g/mol. The molecule has 0 aromatic heterocycles. The van der Waals surface area contributed by atoms with E-state index in [0.29, 0.717) is 0 Å². The molecule has 0 radical (unpaired) electrons. The number of ether oxygens (including phenoxy) is 1. The summed E-state index contributed by atoms with van der Waals surface area (Å²) in [4.78, 5) is 10.4. The minimum atomic E-state index is -0.0447. The van der Waals surface area contributed by atoms with Gasteiger partial charge in [0.1, 0.15) is 6.29 Å². The van der Waals surface area contributed by atoms with Crippen LogP contribution in [0.25, 0.3) is 0 Å². The lowest BCUT2D eigenvalue weighted by Crippen LogP contribution is -2.21. The van der Waals surface area contributed by atoms with Gasteiger partial charge in [-0.2, -0.15) is 0 Å². The maximum absolute atomic E-state index is 10.4. The zero-order chi connectivity index (χ0) is 8.85. The number of rotatable bonds is 5. The SMILES string of the molecule is C=C(C)CC(OC)C(C)C=O. The van der Waals surface area contributed by atoms with Crippen LogP contribution in [0.3, 0.4) is 0 Å². The normalized spacial score (nSPS) is 15.5. The molecule has 2 nitrogen and oxygen atoms in total. The summed E-state index contributed by atoms with van der Waals surface area (Å²) in [6, 6.07) is 0. The third kappa shape index (κ3) is 3.94. The van der Waals surface area contributed by atoms with Crippen molar-refractivity contribution >= 4 is 6.29 Å². The number of carbonyl (C=O) groups excluding carboxylic acids is 1. The average Bonchev–Trinajstić information content (AvgIpc) is 1.98. The number of carbonyl (C=O) groups is 1. The van der Waals surface area contributed by atoms with Gasteiger partial charge in [0, 0.05) is 13.0 Å². The fourth-order valence-electron chi connectivity index (χ4n) is 0.915. The van der Waals surface area contributed by atoms with Crippen LogP contribution >= 0.6 is 0 Å². The zero-order valence-electron chi connectivity index (χ0n) is 7.46. The van der Waals surface area contributed by atoms with Crippen LogP contribution in [0.5, 0.6) is 0 Å². The lowest BCUT2D eigenvalue weighted by atomic mass is 10.0. The van der Waals surface area contributed by atoms with Gasteiger partial charge in [0.05, 0.1) is 6.10 Å². The van der Waals surface area contributed by atoms with Crippen molar-refractivity contribution in [2.24, 2.45) is 5.92 Å². The Morgan fingerprint density at radius 3 is 2.55 bits per heavy atom. The first-order valence-corrected chi connectivity index (χ1v) is 3.74. The lowest BCUT2D eigenvalue weighted by Gasteiger charge is -2.17. The van der Waals surface area contributed by atoms with E-state index in [-0.39, 0.29) is 12.0 Å². The summed E-state index contributed by atoms with van der Waals surface area (Å²) in [5.74, 6) is -0.0447. The molecule has 2 unspecified atom stereocenters. The molecule has 0 aliphatic rings. The van der Waals surface area contributed by atoms with Crippen LogP contribution in [-0.2, 0) is 9.53 Å². The first kappa shape index (κ1) is 10.4. The Bertz CT molecular complexity index is 140. The van der Waals surface area contributed by atoms with Crippen molar-refractivity contribution in [1.82, 2.24) is 0 Å². The molecule has 0 aliphatic heterocycles. The number of methoxy groups -OCH3 is 1. The molecule has 11 heavy (non-hydrogen) atoms. The predicted octanol–water partition coefficient (Wildman–Crippen LogP) is 1.80. The van der Waals surface area contributed by atoms with Crippen molar-refractivity contribution in [3.8, 4) is 0 Å². The van der Waals surface area contributed by atoms with Crippen molar-refractivity contribution in [1.29, 1.82) is 0 Å². The summed E-state index contributed by atoms with van der Waals surface area (Å²) in [6.45, 7) is 7.55. The molecule has 0 spiro atoms. The van der Waals surface area contributed by atoms with Crippen molar-refractivity contribution in [2.45, 2.75) is 26.4 Å². The molecule has 0 heterocycles. The van der Waals surface area contributed by atoms with E-state index >= 15 is 0 Å². The van der Waals surface area contributed by atoms with Crippen LogP contribution in [-0.4, -0.2) is 19.5 Å². The molecule has 0 fully saturated rings. The van der Waals surface area contributed by atoms with E-state index in [4.69, 9.17) is 4.74 Å². The Kier molecular flexibility index (Phi) is 4.79. The van der Waals surface area contributed by atoms with Gasteiger partial charge in [-0.05, 0) is 13.3 Å². The fourth-order valence-corrected chi connectivity index (χ4v) is 0.915. The maximum atomic E-state index is 10.4. The molecule has 0 aromatic rings. The summed E-state index contributed by atoms with van der Waals surface area (Å²) in [6.07, 6.45) is 1.66. The highest BCUT2D eigenvalue weighted by Gasteiger charge is 2.15. The zero-order valence-corrected chi connectivity index (χ0v) is 7.46. The number of hydrogen-bond donors (Lipinski definition) is 0. The minimum absolute atomic E-state index is 0.00926. The van der Waals surface area contributed by atoms with Gasteiger partial charge in [0.15, 0.2) is 0 Å². The molecule has 0 amide bonds. The molecule has 0 rings (SSSR count). The third-order valence-corrected chi connectivity index (χ3v) is 1.65. The molecule has 2 heteroatoms. The highest BCUT2D eigenvalue weighted by molar-refractivity contribution is 5.53. The largest absolute Gasteiger partial charge is 0.380 e. The van der Waals surface area contributed by atoms with Gasteiger partial charge in [0.2, 0.25) is 0 Å². The third-order valence-electron chi connectivity index (χ3n) is 1.65. The van der Waals surface area contributed by atoms with E-state index in [1.165, 1.54) is 0 Å². The highest BCUT2D eigenvalue weighted by atomic mass is 16.5. The van der Waals surface area contributed by atoms with Crippen molar-refractivity contribution in [3.63, 3.8) is 0 Å². The first-order valence-electron chi connectivity index (χ1n) is 3.74. The Labute approximate surface area is 68.2 Å². The fraction of sp³-hybridized carbons (Fsp3) is 0.667. The van der Waals surface area contributed by atoms with E-state index in [9.17, 15) is 4.79 Å². The molecule has 0 N–H and O–H groups in total. The molecule has 0 aliphatic carbocycles. The molecule has 0 aromatic carbocycles. The van der Waals surface area contributed by atoms with Crippen molar-refractivity contribution in [2.75, 3.05) is 7.11 Å². The van der Waals surface area contributed by atoms with Gasteiger partial charge < -0.3 is 9.53 Å². The topological polar surface area (TPSA) is 26.3 Å². The van der Waals surface area contributed by atoms with E-state index in [0.717, 1.165) is 18.3 Å².